The van der Waals surface area contributed by atoms with Crippen LogP contribution in [0.15, 0.2) is 30.3 Å². The van der Waals surface area contributed by atoms with Gasteiger partial charge in [-0.25, -0.2) is 0 Å². The van der Waals surface area contributed by atoms with Gasteiger partial charge in [0.15, 0.2) is 0 Å². The molecule has 1 aromatic carbocycles. The number of nitrogens with zero attached hydrogens (tertiary/aromatic N) is 1. The molecule has 1 amide bonds. The Bertz CT molecular complexity index is 554. The quantitative estimate of drug-likeness (QED) is 0.550. The highest BCUT2D eigenvalue weighted by Gasteiger charge is 2.20. The van der Waals surface area contributed by atoms with E-state index in [0.717, 1.165) is 63.6 Å². The van der Waals surface area contributed by atoms with Crippen molar-refractivity contribution in [3.05, 3.63) is 35.9 Å². The first-order chi connectivity index (χ1) is 13.3. The second kappa shape index (κ2) is 15.3. The van der Waals surface area contributed by atoms with Crippen molar-refractivity contribution in [1.82, 2.24) is 15.5 Å². The Balaban J connectivity index is 0.00000210. The van der Waals surface area contributed by atoms with Crippen molar-refractivity contribution in [1.29, 1.82) is 0 Å². The van der Waals surface area contributed by atoms with Crippen molar-refractivity contribution in [3.63, 3.8) is 0 Å². The van der Waals surface area contributed by atoms with Crippen molar-refractivity contribution in [3.8, 4) is 0 Å². The molecule has 1 atom stereocenters. The Morgan fingerprint density at radius 2 is 1.97 bits per heavy atom. The molecule has 1 unspecified atom stereocenters. The first kappa shape index (κ1) is 26.5. The van der Waals surface area contributed by atoms with Crippen LogP contribution >= 0.6 is 36.6 Å². The van der Waals surface area contributed by atoms with E-state index in [2.05, 4.69) is 45.9 Å². The lowest BCUT2D eigenvalue weighted by Crippen LogP contribution is -2.41. The van der Waals surface area contributed by atoms with E-state index in [-0.39, 0.29) is 30.7 Å². The third-order valence-electron chi connectivity index (χ3n) is 5.21. The number of thioether (sulfide) groups is 1. The van der Waals surface area contributed by atoms with Gasteiger partial charge in [0.05, 0.1) is 6.10 Å². The van der Waals surface area contributed by atoms with Crippen LogP contribution in [0, 0.1) is 0 Å². The van der Waals surface area contributed by atoms with Gasteiger partial charge in [-0.05, 0) is 24.8 Å². The Labute approximate surface area is 191 Å². The summed E-state index contributed by atoms with van der Waals surface area (Å²) in [6.07, 6.45) is 4.06. The molecule has 2 fully saturated rings. The van der Waals surface area contributed by atoms with Crippen molar-refractivity contribution in [2.45, 2.75) is 44.4 Å². The Morgan fingerprint density at radius 1 is 1.21 bits per heavy atom. The number of halogens is 2. The first-order valence-corrected chi connectivity index (χ1v) is 11.4. The number of piperidine rings is 1. The van der Waals surface area contributed by atoms with Crippen LogP contribution < -0.4 is 10.6 Å². The molecule has 0 saturated carbocycles. The minimum Gasteiger partial charge on any atom is -0.378 e. The van der Waals surface area contributed by atoms with Crippen LogP contribution in [-0.4, -0.2) is 67.2 Å². The molecular weight excluding hydrogens is 429 g/mol. The topological polar surface area (TPSA) is 53.6 Å². The number of carbonyl (C=O) groups excluding carboxylic acids is 1. The Morgan fingerprint density at radius 3 is 2.66 bits per heavy atom. The number of likely N-dealkylation sites (tertiary alicyclic amines) is 1. The van der Waals surface area contributed by atoms with E-state index in [9.17, 15) is 4.79 Å². The molecule has 2 saturated heterocycles. The van der Waals surface area contributed by atoms with Gasteiger partial charge in [0, 0.05) is 63.3 Å². The largest absolute Gasteiger partial charge is 0.378 e. The molecule has 2 heterocycles. The van der Waals surface area contributed by atoms with E-state index in [1.165, 1.54) is 5.56 Å². The summed E-state index contributed by atoms with van der Waals surface area (Å²) in [5.41, 5.74) is 1.38. The lowest BCUT2D eigenvalue weighted by Gasteiger charge is -2.32. The second-order valence-electron chi connectivity index (χ2n) is 7.47. The van der Waals surface area contributed by atoms with Crippen LogP contribution in [0.2, 0.25) is 0 Å². The van der Waals surface area contributed by atoms with Gasteiger partial charge < -0.3 is 15.4 Å². The highest BCUT2D eigenvalue weighted by atomic mass is 35.5. The Kier molecular flexibility index (Phi) is 14.0. The molecule has 166 valence electrons. The zero-order valence-corrected chi connectivity index (χ0v) is 19.5. The number of carbonyl (C=O) groups is 1. The van der Waals surface area contributed by atoms with E-state index in [1.807, 2.05) is 11.8 Å². The third-order valence-corrected chi connectivity index (χ3v) is 6.34. The zero-order chi connectivity index (χ0) is 18.7. The van der Waals surface area contributed by atoms with Gasteiger partial charge in [-0.15, -0.1) is 24.8 Å². The summed E-state index contributed by atoms with van der Waals surface area (Å²) in [6, 6.07) is 11.0. The minimum atomic E-state index is 0. The van der Waals surface area contributed by atoms with Gasteiger partial charge in [-0.1, -0.05) is 30.3 Å². The number of hydrogen-bond donors (Lipinski definition) is 2. The van der Waals surface area contributed by atoms with Crippen molar-refractivity contribution < 1.29 is 9.53 Å². The summed E-state index contributed by atoms with van der Waals surface area (Å²) < 4.78 is 6.02. The number of ether oxygens (including phenoxy) is 1. The highest BCUT2D eigenvalue weighted by Crippen LogP contribution is 2.16. The van der Waals surface area contributed by atoms with Gasteiger partial charge in [0.1, 0.15) is 0 Å². The lowest BCUT2D eigenvalue weighted by molar-refractivity contribution is -0.121. The SMILES string of the molecule is Cl.Cl.O=C(CC1CSCCN1)NCCCOC1CCN(Cc2ccccc2)CC1. The number of benzene rings is 1. The summed E-state index contributed by atoms with van der Waals surface area (Å²) in [7, 11) is 0. The Hall–Kier alpha value is -0.500. The molecule has 0 bridgehead atoms. The molecule has 0 aromatic heterocycles. The summed E-state index contributed by atoms with van der Waals surface area (Å²) >= 11 is 1.93. The van der Waals surface area contributed by atoms with Gasteiger partial charge in [0.25, 0.3) is 0 Å². The van der Waals surface area contributed by atoms with E-state index in [0.29, 0.717) is 25.1 Å². The van der Waals surface area contributed by atoms with Crippen LogP contribution in [-0.2, 0) is 16.1 Å². The number of nitrogens with one attached hydrogen (secondary N) is 2. The van der Waals surface area contributed by atoms with Crippen LogP contribution in [0.1, 0.15) is 31.2 Å². The van der Waals surface area contributed by atoms with Crippen molar-refractivity contribution in [2.75, 3.05) is 44.3 Å². The fraction of sp³-hybridized carbons (Fsp3) is 0.667. The highest BCUT2D eigenvalue weighted by molar-refractivity contribution is 7.99. The monoisotopic (exact) mass is 463 g/mol. The first-order valence-electron chi connectivity index (χ1n) is 10.3. The van der Waals surface area contributed by atoms with Crippen molar-refractivity contribution >= 4 is 42.5 Å². The maximum absolute atomic E-state index is 12.0. The molecular formula is C21H35Cl2N3O2S. The molecule has 2 aliphatic heterocycles. The lowest BCUT2D eigenvalue weighted by atomic mass is 10.1. The van der Waals surface area contributed by atoms with Gasteiger partial charge in [-0.2, -0.15) is 11.8 Å². The fourth-order valence-electron chi connectivity index (χ4n) is 3.67. The van der Waals surface area contributed by atoms with Gasteiger partial charge in [-0.3, -0.25) is 9.69 Å². The standard InChI is InChI=1S/C21H33N3O2S.2ClH/c25-21(15-19-17-27-14-10-22-19)23-9-4-13-26-20-7-11-24(12-8-20)16-18-5-2-1-3-6-18;;/h1-3,5-6,19-20,22H,4,7-17H2,(H,23,25);2*1H. The van der Waals surface area contributed by atoms with Crippen molar-refractivity contribution in [2.24, 2.45) is 0 Å². The zero-order valence-electron chi connectivity index (χ0n) is 17.0. The summed E-state index contributed by atoms with van der Waals surface area (Å²) in [5, 5.41) is 6.43. The summed E-state index contributed by atoms with van der Waals surface area (Å²) in [6.45, 7) is 5.70. The summed E-state index contributed by atoms with van der Waals surface area (Å²) in [4.78, 5) is 14.5. The predicted octanol–water partition coefficient (Wildman–Crippen LogP) is 3.11. The van der Waals surface area contributed by atoms with E-state index in [4.69, 9.17) is 4.74 Å². The maximum atomic E-state index is 12.0. The van der Waals surface area contributed by atoms with E-state index in [1.54, 1.807) is 0 Å². The molecule has 29 heavy (non-hydrogen) atoms. The van der Waals surface area contributed by atoms with Crippen LogP contribution in [0.4, 0.5) is 0 Å². The molecule has 0 spiro atoms. The predicted molar refractivity (Wildman–Crippen MR) is 127 cm³/mol. The molecule has 2 aliphatic rings. The molecule has 0 aliphatic carbocycles. The van der Waals surface area contributed by atoms with Crippen LogP contribution in [0.5, 0.6) is 0 Å². The summed E-state index contributed by atoms with van der Waals surface area (Å²) in [5.74, 6) is 2.35. The second-order valence-corrected chi connectivity index (χ2v) is 8.62. The molecule has 0 radical (unpaired) electrons. The maximum Gasteiger partial charge on any atom is 0.221 e. The number of rotatable bonds is 9. The molecule has 1 aromatic rings. The van der Waals surface area contributed by atoms with E-state index < -0.39 is 0 Å². The molecule has 3 rings (SSSR count). The third kappa shape index (κ3) is 10.4. The molecule has 5 nitrogen and oxygen atoms in total. The molecule has 8 heteroatoms. The number of amides is 1. The van der Waals surface area contributed by atoms with Gasteiger partial charge >= 0.3 is 0 Å². The van der Waals surface area contributed by atoms with Gasteiger partial charge in [0.2, 0.25) is 5.91 Å². The normalized spacial score (nSPS) is 20.3. The minimum absolute atomic E-state index is 0. The smallest absolute Gasteiger partial charge is 0.221 e. The van der Waals surface area contributed by atoms with Crippen LogP contribution in [0.25, 0.3) is 0 Å². The van der Waals surface area contributed by atoms with E-state index >= 15 is 0 Å². The fourth-order valence-corrected chi connectivity index (χ4v) is 4.62. The average molecular weight is 465 g/mol. The molecule has 2 N–H and O–H groups in total. The van der Waals surface area contributed by atoms with Crippen LogP contribution in [0.3, 0.4) is 0 Å². The number of hydrogen-bond acceptors (Lipinski definition) is 5. The average Bonchev–Trinajstić information content (AvgIpc) is 2.70.